The predicted molar refractivity (Wildman–Crippen MR) is 66.2 cm³/mol. The van der Waals surface area contributed by atoms with Crippen molar-refractivity contribution in [3.63, 3.8) is 0 Å². The van der Waals surface area contributed by atoms with Gasteiger partial charge in [-0.1, -0.05) is 0 Å². The standard InChI is InChI=1S/C13H13NO5/c1-17-7-10-11(13(15)16)19-12(14-10)8-3-5-9(18-2)6-4-8/h3-6H,7H2,1-2H3,(H,15,16). The first kappa shape index (κ1) is 13.1. The molecule has 1 aromatic heterocycles. The van der Waals surface area contributed by atoms with Crippen LogP contribution in [-0.4, -0.2) is 30.3 Å². The largest absolute Gasteiger partial charge is 0.497 e. The molecule has 2 aromatic rings. The molecule has 0 aliphatic heterocycles. The number of aromatic nitrogens is 1. The van der Waals surface area contributed by atoms with Gasteiger partial charge in [0.25, 0.3) is 0 Å². The van der Waals surface area contributed by atoms with Gasteiger partial charge in [0.05, 0.1) is 13.7 Å². The highest BCUT2D eigenvalue weighted by atomic mass is 16.5. The average molecular weight is 263 g/mol. The number of hydrogen-bond acceptors (Lipinski definition) is 5. The molecule has 100 valence electrons. The molecule has 0 fully saturated rings. The molecule has 0 aliphatic rings. The van der Waals surface area contributed by atoms with Crippen molar-refractivity contribution in [2.24, 2.45) is 0 Å². The summed E-state index contributed by atoms with van der Waals surface area (Å²) >= 11 is 0. The van der Waals surface area contributed by atoms with Crippen LogP contribution in [0.4, 0.5) is 0 Å². The second-order valence-corrected chi connectivity index (χ2v) is 3.76. The topological polar surface area (TPSA) is 81.8 Å². The van der Waals surface area contributed by atoms with E-state index in [1.807, 2.05) is 0 Å². The second-order valence-electron chi connectivity index (χ2n) is 3.76. The van der Waals surface area contributed by atoms with Gasteiger partial charge in [-0.25, -0.2) is 9.78 Å². The van der Waals surface area contributed by atoms with Gasteiger partial charge in [0, 0.05) is 12.7 Å². The molecule has 6 nitrogen and oxygen atoms in total. The molecule has 1 N–H and O–H groups in total. The third-order valence-corrected chi connectivity index (χ3v) is 2.51. The Morgan fingerprint density at radius 3 is 2.53 bits per heavy atom. The summed E-state index contributed by atoms with van der Waals surface area (Å²) in [5.74, 6) is -0.426. The molecule has 0 atom stereocenters. The summed E-state index contributed by atoms with van der Waals surface area (Å²) in [4.78, 5) is 15.2. The first-order chi connectivity index (χ1) is 9.15. The Balaban J connectivity index is 2.38. The number of methoxy groups -OCH3 is 2. The molecule has 6 heteroatoms. The Morgan fingerprint density at radius 2 is 2.00 bits per heavy atom. The van der Waals surface area contributed by atoms with Crippen LogP contribution in [0.25, 0.3) is 11.5 Å². The normalized spacial score (nSPS) is 10.4. The van der Waals surface area contributed by atoms with Crippen LogP contribution in [0.15, 0.2) is 28.7 Å². The van der Waals surface area contributed by atoms with Gasteiger partial charge >= 0.3 is 5.97 Å². The monoisotopic (exact) mass is 263 g/mol. The van der Waals surface area contributed by atoms with E-state index in [0.717, 1.165) is 0 Å². The van der Waals surface area contributed by atoms with Gasteiger partial charge in [0.2, 0.25) is 11.7 Å². The number of carboxylic acids is 1. The highest BCUT2D eigenvalue weighted by Crippen LogP contribution is 2.24. The van der Waals surface area contributed by atoms with Crippen LogP contribution in [0.2, 0.25) is 0 Å². The molecule has 0 amide bonds. The summed E-state index contributed by atoms with van der Waals surface area (Å²) in [5, 5.41) is 9.03. The fourth-order valence-electron chi connectivity index (χ4n) is 1.61. The Morgan fingerprint density at radius 1 is 1.32 bits per heavy atom. The van der Waals surface area contributed by atoms with E-state index in [9.17, 15) is 4.79 Å². The van der Waals surface area contributed by atoms with Gasteiger partial charge < -0.3 is 19.0 Å². The summed E-state index contributed by atoms with van der Waals surface area (Å²) < 4.78 is 15.2. The van der Waals surface area contributed by atoms with Crippen LogP contribution in [-0.2, 0) is 11.3 Å². The van der Waals surface area contributed by atoms with Crippen LogP contribution >= 0.6 is 0 Å². The van der Waals surface area contributed by atoms with E-state index in [4.69, 9.17) is 19.0 Å². The lowest BCUT2D eigenvalue weighted by Crippen LogP contribution is -2.00. The molecular formula is C13H13NO5. The Bertz CT molecular complexity index is 573. The summed E-state index contributed by atoms with van der Waals surface area (Å²) in [6.45, 7) is 0.0846. The fraction of sp³-hybridized carbons (Fsp3) is 0.231. The van der Waals surface area contributed by atoms with Gasteiger partial charge in [-0.05, 0) is 24.3 Å². The van der Waals surface area contributed by atoms with Crippen molar-refractivity contribution in [1.82, 2.24) is 4.98 Å². The maximum Gasteiger partial charge on any atom is 0.373 e. The maximum atomic E-state index is 11.0. The van der Waals surface area contributed by atoms with E-state index in [0.29, 0.717) is 11.3 Å². The highest BCUT2D eigenvalue weighted by Gasteiger charge is 2.20. The molecular weight excluding hydrogens is 250 g/mol. The number of hydrogen-bond donors (Lipinski definition) is 1. The van der Waals surface area contributed by atoms with E-state index in [1.165, 1.54) is 7.11 Å². The van der Waals surface area contributed by atoms with Crippen LogP contribution in [0.3, 0.4) is 0 Å². The fourth-order valence-corrected chi connectivity index (χ4v) is 1.61. The summed E-state index contributed by atoms with van der Waals surface area (Å²) in [6.07, 6.45) is 0. The molecule has 1 aromatic carbocycles. The lowest BCUT2D eigenvalue weighted by Gasteiger charge is -1.99. The zero-order valence-corrected chi connectivity index (χ0v) is 10.5. The third kappa shape index (κ3) is 2.74. The molecule has 0 radical (unpaired) electrons. The Kier molecular flexibility index (Phi) is 3.82. The number of ether oxygens (including phenoxy) is 2. The quantitative estimate of drug-likeness (QED) is 0.890. The number of nitrogens with zero attached hydrogens (tertiary/aromatic N) is 1. The van der Waals surface area contributed by atoms with Crippen molar-refractivity contribution >= 4 is 5.97 Å². The minimum absolute atomic E-state index is 0.0846. The zero-order valence-electron chi connectivity index (χ0n) is 10.5. The predicted octanol–water partition coefficient (Wildman–Crippen LogP) is 2.19. The SMILES string of the molecule is COCc1nc(-c2ccc(OC)cc2)oc1C(=O)O. The molecule has 2 rings (SSSR count). The molecule has 0 spiro atoms. The molecule has 0 unspecified atom stereocenters. The Hall–Kier alpha value is -2.34. The molecule has 0 aliphatic carbocycles. The summed E-state index contributed by atoms with van der Waals surface area (Å²) in [7, 11) is 3.03. The van der Waals surface area contributed by atoms with Crippen LogP contribution in [0.5, 0.6) is 5.75 Å². The number of aromatic carboxylic acids is 1. The number of carboxylic acid groups (broad SMARTS) is 1. The van der Waals surface area contributed by atoms with Crippen LogP contribution in [0, 0.1) is 0 Å². The maximum absolute atomic E-state index is 11.0. The average Bonchev–Trinajstić information content (AvgIpc) is 2.83. The van der Waals surface area contributed by atoms with E-state index >= 15 is 0 Å². The number of oxazole rings is 1. The second kappa shape index (κ2) is 5.53. The van der Waals surface area contributed by atoms with Crippen molar-refractivity contribution < 1.29 is 23.8 Å². The van der Waals surface area contributed by atoms with Crippen molar-refractivity contribution in [3.8, 4) is 17.2 Å². The van der Waals surface area contributed by atoms with Gasteiger partial charge in [-0.3, -0.25) is 0 Å². The van der Waals surface area contributed by atoms with Crippen molar-refractivity contribution in [2.75, 3.05) is 14.2 Å². The highest BCUT2D eigenvalue weighted by molar-refractivity contribution is 5.86. The van der Waals surface area contributed by atoms with Crippen molar-refractivity contribution in [2.45, 2.75) is 6.61 Å². The first-order valence-electron chi connectivity index (χ1n) is 5.52. The van der Waals surface area contributed by atoms with Gasteiger partial charge in [-0.15, -0.1) is 0 Å². The Labute approximate surface area is 109 Å². The van der Waals surface area contributed by atoms with Gasteiger partial charge in [0.1, 0.15) is 11.4 Å². The number of benzene rings is 1. The van der Waals surface area contributed by atoms with E-state index in [2.05, 4.69) is 4.98 Å². The molecule has 0 bridgehead atoms. The zero-order chi connectivity index (χ0) is 13.8. The number of rotatable bonds is 5. The third-order valence-electron chi connectivity index (χ3n) is 2.51. The lowest BCUT2D eigenvalue weighted by molar-refractivity contribution is 0.0656. The van der Waals surface area contributed by atoms with E-state index in [1.54, 1.807) is 31.4 Å². The number of carbonyl (C=O) groups is 1. The molecule has 0 saturated heterocycles. The van der Waals surface area contributed by atoms with Crippen LogP contribution < -0.4 is 4.74 Å². The minimum atomic E-state index is -1.17. The smallest absolute Gasteiger partial charge is 0.373 e. The van der Waals surface area contributed by atoms with E-state index < -0.39 is 5.97 Å². The minimum Gasteiger partial charge on any atom is -0.497 e. The van der Waals surface area contributed by atoms with Gasteiger partial charge in [-0.2, -0.15) is 0 Å². The van der Waals surface area contributed by atoms with Crippen molar-refractivity contribution in [1.29, 1.82) is 0 Å². The van der Waals surface area contributed by atoms with Gasteiger partial charge in [0.15, 0.2) is 0 Å². The van der Waals surface area contributed by atoms with Crippen molar-refractivity contribution in [3.05, 3.63) is 35.7 Å². The first-order valence-corrected chi connectivity index (χ1v) is 5.52. The van der Waals surface area contributed by atoms with E-state index in [-0.39, 0.29) is 24.0 Å². The van der Waals surface area contributed by atoms with Crippen LogP contribution in [0.1, 0.15) is 16.2 Å². The lowest BCUT2D eigenvalue weighted by atomic mass is 10.2. The molecule has 19 heavy (non-hydrogen) atoms. The molecule has 0 saturated carbocycles. The summed E-state index contributed by atoms with van der Waals surface area (Å²) in [6, 6.07) is 6.98. The summed E-state index contributed by atoms with van der Waals surface area (Å²) in [5.41, 5.74) is 0.937. The molecule has 1 heterocycles.